The highest BCUT2D eigenvalue weighted by atomic mass is 16.5. The van der Waals surface area contributed by atoms with Crippen molar-refractivity contribution in [2.45, 2.75) is 44.9 Å². The van der Waals surface area contributed by atoms with E-state index >= 15 is 0 Å². The molecule has 0 aromatic heterocycles. The molecule has 0 bridgehead atoms. The average molecular weight is 323 g/mol. The van der Waals surface area contributed by atoms with Crippen molar-refractivity contribution in [3.63, 3.8) is 0 Å². The highest BCUT2D eigenvalue weighted by Crippen LogP contribution is 2.26. The van der Waals surface area contributed by atoms with Crippen LogP contribution >= 0.6 is 0 Å². The Kier molecular flexibility index (Phi) is 6.67. The van der Waals surface area contributed by atoms with Gasteiger partial charge in [-0.05, 0) is 43.9 Å². The third kappa shape index (κ3) is 5.41. The van der Waals surface area contributed by atoms with Crippen molar-refractivity contribution < 1.29 is 24.1 Å². The fourth-order valence-electron chi connectivity index (χ4n) is 2.44. The number of hydrogen-bond acceptors (Lipinski definition) is 5. The maximum absolute atomic E-state index is 12.0. The molecule has 1 aliphatic heterocycles. The van der Waals surface area contributed by atoms with Crippen molar-refractivity contribution in [3.8, 4) is 11.5 Å². The van der Waals surface area contributed by atoms with Crippen LogP contribution in [0.25, 0.3) is 0 Å². The van der Waals surface area contributed by atoms with E-state index in [9.17, 15) is 9.90 Å². The fraction of sp³-hybridized carbons (Fsp3) is 0.588. The Morgan fingerprint density at radius 3 is 2.96 bits per heavy atom. The second-order valence-corrected chi connectivity index (χ2v) is 5.69. The predicted molar refractivity (Wildman–Crippen MR) is 85.5 cm³/mol. The minimum Gasteiger partial charge on any atom is -0.504 e. The van der Waals surface area contributed by atoms with Crippen LogP contribution in [0.3, 0.4) is 0 Å². The molecule has 2 rings (SSSR count). The number of carbonyl (C=O) groups excluding carboxylic acids is 1. The van der Waals surface area contributed by atoms with Crippen molar-refractivity contribution in [1.29, 1.82) is 0 Å². The van der Waals surface area contributed by atoms with E-state index in [4.69, 9.17) is 14.2 Å². The highest BCUT2D eigenvalue weighted by molar-refractivity contribution is 5.80. The quantitative estimate of drug-likeness (QED) is 0.802. The standard InChI is InChI=1S/C17H25NO5/c1-12(23-11-14-5-3-4-8-22-14)17(20)18-10-13-6-7-16(21-2)15(19)9-13/h6-7,9,12,14,19H,3-5,8,10-11H2,1-2H3,(H,18,20). The van der Waals surface area contributed by atoms with Crippen LogP contribution in [-0.4, -0.2) is 43.5 Å². The van der Waals surface area contributed by atoms with E-state index < -0.39 is 6.10 Å². The third-order valence-electron chi connectivity index (χ3n) is 3.89. The zero-order chi connectivity index (χ0) is 16.7. The van der Waals surface area contributed by atoms with Crippen molar-refractivity contribution in [2.75, 3.05) is 20.3 Å². The maximum Gasteiger partial charge on any atom is 0.249 e. The van der Waals surface area contributed by atoms with Crippen LogP contribution in [0.15, 0.2) is 18.2 Å². The fourth-order valence-corrected chi connectivity index (χ4v) is 2.44. The van der Waals surface area contributed by atoms with E-state index in [-0.39, 0.29) is 17.8 Å². The number of ether oxygens (including phenoxy) is 3. The monoisotopic (exact) mass is 323 g/mol. The van der Waals surface area contributed by atoms with E-state index in [1.54, 1.807) is 25.1 Å². The molecule has 0 saturated carbocycles. The van der Waals surface area contributed by atoms with Gasteiger partial charge in [-0.15, -0.1) is 0 Å². The zero-order valence-electron chi connectivity index (χ0n) is 13.7. The molecule has 2 atom stereocenters. The number of phenolic OH excluding ortho intramolecular Hbond substituents is 1. The van der Waals surface area contributed by atoms with Gasteiger partial charge in [0.1, 0.15) is 6.10 Å². The number of carbonyl (C=O) groups is 1. The van der Waals surface area contributed by atoms with Crippen LogP contribution in [0.2, 0.25) is 0 Å². The van der Waals surface area contributed by atoms with Crippen molar-refractivity contribution in [2.24, 2.45) is 0 Å². The summed E-state index contributed by atoms with van der Waals surface area (Å²) >= 11 is 0. The molecule has 2 unspecified atom stereocenters. The summed E-state index contributed by atoms with van der Waals surface area (Å²) in [6.07, 6.45) is 2.79. The number of hydrogen-bond donors (Lipinski definition) is 2. The van der Waals surface area contributed by atoms with Gasteiger partial charge in [0.05, 0.1) is 19.8 Å². The molecular weight excluding hydrogens is 298 g/mol. The maximum atomic E-state index is 12.0. The van der Waals surface area contributed by atoms with E-state index in [0.29, 0.717) is 18.9 Å². The molecule has 1 fully saturated rings. The van der Waals surface area contributed by atoms with Crippen LogP contribution in [0.4, 0.5) is 0 Å². The minimum absolute atomic E-state index is 0.0537. The lowest BCUT2D eigenvalue weighted by atomic mass is 10.1. The minimum atomic E-state index is -0.535. The Morgan fingerprint density at radius 1 is 1.48 bits per heavy atom. The summed E-state index contributed by atoms with van der Waals surface area (Å²) in [5.41, 5.74) is 0.791. The molecule has 1 amide bonds. The first kappa shape index (κ1) is 17.6. The van der Waals surface area contributed by atoms with Gasteiger partial charge >= 0.3 is 0 Å². The van der Waals surface area contributed by atoms with Gasteiger partial charge in [-0.3, -0.25) is 4.79 Å². The Hall–Kier alpha value is -1.79. The number of amides is 1. The summed E-state index contributed by atoms with van der Waals surface area (Å²) in [4.78, 5) is 12.0. The van der Waals surface area contributed by atoms with Crippen LogP contribution in [0, 0.1) is 0 Å². The summed E-state index contributed by atoms with van der Waals surface area (Å²) < 4.78 is 16.1. The van der Waals surface area contributed by atoms with Crippen molar-refractivity contribution >= 4 is 5.91 Å². The molecule has 1 aromatic carbocycles. The first-order valence-electron chi connectivity index (χ1n) is 7.97. The van der Waals surface area contributed by atoms with E-state index in [0.717, 1.165) is 31.4 Å². The molecule has 0 spiro atoms. The number of nitrogens with one attached hydrogen (secondary N) is 1. The van der Waals surface area contributed by atoms with Crippen LogP contribution in [0.5, 0.6) is 11.5 Å². The Bertz CT molecular complexity index is 514. The topological polar surface area (TPSA) is 77.0 Å². The van der Waals surface area contributed by atoms with Gasteiger partial charge in [0.25, 0.3) is 0 Å². The zero-order valence-corrected chi connectivity index (χ0v) is 13.7. The lowest BCUT2D eigenvalue weighted by molar-refractivity contribution is -0.135. The molecule has 2 N–H and O–H groups in total. The molecule has 128 valence electrons. The summed E-state index contributed by atoms with van der Waals surface area (Å²) in [6.45, 7) is 3.27. The summed E-state index contributed by atoms with van der Waals surface area (Å²) in [5, 5.41) is 12.5. The number of methoxy groups -OCH3 is 1. The predicted octanol–water partition coefficient (Wildman–Crippen LogP) is 1.99. The van der Waals surface area contributed by atoms with E-state index in [1.165, 1.54) is 7.11 Å². The lowest BCUT2D eigenvalue weighted by Gasteiger charge is -2.23. The van der Waals surface area contributed by atoms with Crippen LogP contribution < -0.4 is 10.1 Å². The lowest BCUT2D eigenvalue weighted by Crippen LogP contribution is -2.36. The first-order valence-corrected chi connectivity index (χ1v) is 7.97. The number of benzene rings is 1. The van der Waals surface area contributed by atoms with Gasteiger partial charge in [-0.2, -0.15) is 0 Å². The second-order valence-electron chi connectivity index (χ2n) is 5.69. The van der Waals surface area contributed by atoms with Gasteiger partial charge in [-0.25, -0.2) is 0 Å². The van der Waals surface area contributed by atoms with Crippen LogP contribution in [-0.2, 0) is 20.8 Å². The molecule has 23 heavy (non-hydrogen) atoms. The Labute approximate surface area is 136 Å². The molecule has 0 aliphatic carbocycles. The normalized spacial score (nSPS) is 19.1. The molecule has 1 aromatic rings. The van der Waals surface area contributed by atoms with Crippen molar-refractivity contribution in [1.82, 2.24) is 5.32 Å². The molecule has 6 nitrogen and oxygen atoms in total. The molecule has 6 heteroatoms. The van der Waals surface area contributed by atoms with Gasteiger partial charge in [0, 0.05) is 13.2 Å². The smallest absolute Gasteiger partial charge is 0.249 e. The molecule has 1 saturated heterocycles. The summed E-state index contributed by atoms with van der Waals surface area (Å²) in [7, 11) is 1.49. The summed E-state index contributed by atoms with van der Waals surface area (Å²) in [5.74, 6) is 0.276. The molecule has 0 radical (unpaired) electrons. The van der Waals surface area contributed by atoms with Gasteiger partial charge in [0.2, 0.25) is 5.91 Å². The first-order chi connectivity index (χ1) is 11.1. The van der Waals surface area contributed by atoms with Crippen LogP contribution in [0.1, 0.15) is 31.7 Å². The molecule has 1 heterocycles. The summed E-state index contributed by atoms with van der Waals surface area (Å²) in [6, 6.07) is 5.03. The average Bonchev–Trinajstić information content (AvgIpc) is 2.58. The van der Waals surface area contributed by atoms with Gasteiger partial charge in [0.15, 0.2) is 11.5 Å². The van der Waals surface area contributed by atoms with Gasteiger partial charge in [-0.1, -0.05) is 6.07 Å². The highest BCUT2D eigenvalue weighted by Gasteiger charge is 2.18. The molecular formula is C17H25NO5. The van der Waals surface area contributed by atoms with Crippen molar-refractivity contribution in [3.05, 3.63) is 23.8 Å². The number of rotatable bonds is 7. The Morgan fingerprint density at radius 2 is 2.30 bits per heavy atom. The molecule has 1 aliphatic rings. The number of aromatic hydroxyl groups is 1. The Balaban J connectivity index is 1.73. The number of phenols is 1. The largest absolute Gasteiger partial charge is 0.504 e. The van der Waals surface area contributed by atoms with Gasteiger partial charge < -0.3 is 24.6 Å². The SMILES string of the molecule is COc1ccc(CNC(=O)C(C)OCC2CCCCO2)cc1O. The van der Waals surface area contributed by atoms with E-state index in [1.807, 2.05) is 0 Å². The second kappa shape index (κ2) is 8.74. The van der Waals surface area contributed by atoms with E-state index in [2.05, 4.69) is 5.32 Å². The third-order valence-corrected chi connectivity index (χ3v) is 3.89.